The number of benzene rings is 1. The van der Waals surface area contributed by atoms with Gasteiger partial charge in [0.15, 0.2) is 0 Å². The van der Waals surface area contributed by atoms with Gasteiger partial charge in [-0.3, -0.25) is 14.5 Å². The zero-order valence-corrected chi connectivity index (χ0v) is 14.7. The second-order valence-corrected chi connectivity index (χ2v) is 7.44. The largest absolute Gasteiger partial charge is 0.323 e. The molecule has 0 radical (unpaired) electrons. The van der Waals surface area contributed by atoms with E-state index < -0.39 is 9.84 Å². The van der Waals surface area contributed by atoms with Gasteiger partial charge in [-0.25, -0.2) is 8.42 Å². The zero-order chi connectivity index (χ0) is 18.6. The molecule has 0 atom stereocenters. The fraction of sp³-hybridized carbons (Fsp3) is 0.0556. The number of anilines is 1. The van der Waals surface area contributed by atoms with Crippen molar-refractivity contribution in [3.8, 4) is 0 Å². The molecule has 0 aliphatic carbocycles. The van der Waals surface area contributed by atoms with Gasteiger partial charge in [0.25, 0.3) is 0 Å². The second-order valence-electron chi connectivity index (χ2n) is 5.49. The highest BCUT2D eigenvalue weighted by Crippen LogP contribution is 2.21. The van der Waals surface area contributed by atoms with Gasteiger partial charge in [-0.2, -0.15) is 5.10 Å². The topological polar surface area (TPSA) is 94.0 Å². The highest BCUT2D eigenvalue weighted by atomic mass is 32.2. The normalized spacial score (nSPS) is 11.6. The molecular formula is C18H16N4O3S. The van der Waals surface area contributed by atoms with Crippen LogP contribution in [0.4, 0.5) is 5.69 Å². The number of carbonyl (C=O) groups excluding carboxylic acids is 1. The maximum atomic E-state index is 12.5. The first kappa shape index (κ1) is 17.6. The Labute approximate surface area is 150 Å². The first-order valence-corrected chi connectivity index (χ1v) is 9.16. The molecule has 0 unspecified atom stereocenters. The molecule has 3 rings (SSSR count). The third kappa shape index (κ3) is 4.04. The van der Waals surface area contributed by atoms with Crippen LogP contribution in [0, 0.1) is 0 Å². The Morgan fingerprint density at radius 3 is 2.50 bits per heavy atom. The number of amides is 1. The third-order valence-corrected chi connectivity index (χ3v) is 5.26. The van der Waals surface area contributed by atoms with E-state index in [1.54, 1.807) is 43.7 Å². The van der Waals surface area contributed by atoms with Crippen LogP contribution in [0.2, 0.25) is 0 Å². The molecule has 26 heavy (non-hydrogen) atoms. The minimum atomic E-state index is -3.63. The Kier molecular flexibility index (Phi) is 4.94. The first-order valence-electron chi connectivity index (χ1n) is 7.68. The van der Waals surface area contributed by atoms with E-state index in [0.717, 1.165) is 5.56 Å². The summed E-state index contributed by atoms with van der Waals surface area (Å²) in [6, 6.07) is 9.58. The standard InChI is InChI=1S/C18H16N4O3S/c1-22-13-17(12-20-22)26(24,25)16-7-5-15(6-8-16)21-18(23)9-4-14-3-2-10-19-11-14/h2-13H,1H3,(H,21,23)/b9-4+. The molecule has 3 aromatic rings. The van der Waals surface area contributed by atoms with Gasteiger partial charge in [0, 0.05) is 37.4 Å². The lowest BCUT2D eigenvalue weighted by Crippen LogP contribution is -2.08. The number of sulfone groups is 1. The lowest BCUT2D eigenvalue weighted by atomic mass is 10.2. The quantitative estimate of drug-likeness (QED) is 0.698. The molecule has 1 N–H and O–H groups in total. The second kappa shape index (κ2) is 7.32. The van der Waals surface area contributed by atoms with Crippen LogP contribution in [0.1, 0.15) is 5.56 Å². The number of nitrogens with zero attached hydrogens (tertiary/aromatic N) is 3. The third-order valence-electron chi connectivity index (χ3n) is 3.54. The van der Waals surface area contributed by atoms with Gasteiger partial charge in [-0.15, -0.1) is 0 Å². The summed E-state index contributed by atoms with van der Waals surface area (Å²) in [5.41, 5.74) is 1.30. The molecule has 0 saturated carbocycles. The molecule has 1 amide bonds. The number of aromatic nitrogens is 3. The molecule has 0 fully saturated rings. The Morgan fingerprint density at radius 2 is 1.88 bits per heavy atom. The first-order chi connectivity index (χ1) is 12.4. The summed E-state index contributed by atoms with van der Waals surface area (Å²) in [5, 5.41) is 6.56. The van der Waals surface area contributed by atoms with Crippen LogP contribution in [-0.4, -0.2) is 29.1 Å². The van der Waals surface area contributed by atoms with Gasteiger partial charge in [0.2, 0.25) is 15.7 Å². The number of carbonyl (C=O) groups is 1. The maximum absolute atomic E-state index is 12.5. The van der Waals surface area contributed by atoms with Crippen molar-refractivity contribution in [2.45, 2.75) is 9.79 Å². The molecule has 0 saturated heterocycles. The number of nitrogens with one attached hydrogen (secondary N) is 1. The average molecular weight is 368 g/mol. The van der Waals surface area contributed by atoms with Gasteiger partial charge < -0.3 is 5.32 Å². The van der Waals surface area contributed by atoms with Crippen molar-refractivity contribution >= 4 is 27.5 Å². The molecule has 2 heterocycles. The van der Waals surface area contributed by atoms with Gasteiger partial charge in [0.05, 0.1) is 11.1 Å². The number of rotatable bonds is 5. The zero-order valence-electron chi connectivity index (χ0n) is 13.9. The number of hydrogen-bond donors (Lipinski definition) is 1. The van der Waals surface area contributed by atoms with Crippen LogP contribution in [0.5, 0.6) is 0 Å². The molecule has 7 nitrogen and oxygen atoms in total. The Bertz CT molecular complexity index is 1040. The van der Waals surface area contributed by atoms with E-state index in [0.29, 0.717) is 5.69 Å². The van der Waals surface area contributed by atoms with E-state index in [9.17, 15) is 13.2 Å². The fourth-order valence-electron chi connectivity index (χ4n) is 2.22. The van der Waals surface area contributed by atoms with Crippen molar-refractivity contribution in [1.82, 2.24) is 14.8 Å². The van der Waals surface area contributed by atoms with Crippen LogP contribution in [0.3, 0.4) is 0 Å². The van der Waals surface area contributed by atoms with Crippen molar-refractivity contribution in [3.63, 3.8) is 0 Å². The molecule has 0 bridgehead atoms. The molecule has 0 spiro atoms. The summed E-state index contributed by atoms with van der Waals surface area (Å²) in [5.74, 6) is -0.322. The molecule has 0 aliphatic rings. The van der Waals surface area contributed by atoms with Gasteiger partial charge >= 0.3 is 0 Å². The number of aryl methyl sites for hydroxylation is 1. The van der Waals surface area contributed by atoms with E-state index >= 15 is 0 Å². The minimum Gasteiger partial charge on any atom is -0.323 e. The molecule has 132 valence electrons. The average Bonchev–Trinajstić information content (AvgIpc) is 3.09. The fourth-order valence-corrected chi connectivity index (χ4v) is 3.47. The number of hydrogen-bond acceptors (Lipinski definition) is 5. The van der Waals surface area contributed by atoms with Crippen molar-refractivity contribution in [1.29, 1.82) is 0 Å². The van der Waals surface area contributed by atoms with Crippen LogP contribution >= 0.6 is 0 Å². The van der Waals surface area contributed by atoms with Gasteiger partial charge in [-0.05, 0) is 42.0 Å². The minimum absolute atomic E-state index is 0.121. The van der Waals surface area contributed by atoms with Crippen LogP contribution in [-0.2, 0) is 21.7 Å². The van der Waals surface area contributed by atoms with E-state index in [-0.39, 0.29) is 15.7 Å². The van der Waals surface area contributed by atoms with Crippen molar-refractivity contribution < 1.29 is 13.2 Å². The molecular weight excluding hydrogens is 352 g/mol. The van der Waals surface area contributed by atoms with Crippen molar-refractivity contribution in [2.24, 2.45) is 7.05 Å². The lowest BCUT2D eigenvalue weighted by molar-refractivity contribution is -0.111. The van der Waals surface area contributed by atoms with E-state index in [2.05, 4.69) is 15.4 Å². The molecule has 8 heteroatoms. The molecule has 2 aromatic heterocycles. The summed E-state index contributed by atoms with van der Waals surface area (Å²) < 4.78 is 26.4. The highest BCUT2D eigenvalue weighted by molar-refractivity contribution is 7.91. The maximum Gasteiger partial charge on any atom is 0.248 e. The van der Waals surface area contributed by atoms with Crippen molar-refractivity contribution in [3.05, 3.63) is 72.8 Å². The van der Waals surface area contributed by atoms with Crippen LogP contribution in [0.25, 0.3) is 6.08 Å². The Morgan fingerprint density at radius 1 is 1.12 bits per heavy atom. The summed E-state index contributed by atoms with van der Waals surface area (Å²) in [6.07, 6.45) is 9.06. The van der Waals surface area contributed by atoms with E-state index in [1.165, 1.54) is 35.3 Å². The predicted molar refractivity (Wildman–Crippen MR) is 97.0 cm³/mol. The monoisotopic (exact) mass is 368 g/mol. The van der Waals surface area contributed by atoms with Crippen molar-refractivity contribution in [2.75, 3.05) is 5.32 Å². The van der Waals surface area contributed by atoms with E-state index in [1.807, 2.05) is 6.07 Å². The smallest absolute Gasteiger partial charge is 0.248 e. The summed E-state index contributed by atoms with van der Waals surface area (Å²) in [6.45, 7) is 0. The summed E-state index contributed by atoms with van der Waals surface area (Å²) in [4.78, 5) is 16.2. The summed E-state index contributed by atoms with van der Waals surface area (Å²) >= 11 is 0. The number of pyridine rings is 1. The van der Waals surface area contributed by atoms with Gasteiger partial charge in [-0.1, -0.05) is 6.07 Å². The van der Waals surface area contributed by atoms with Crippen LogP contribution < -0.4 is 5.32 Å². The lowest BCUT2D eigenvalue weighted by Gasteiger charge is -2.05. The van der Waals surface area contributed by atoms with Crippen LogP contribution in [0.15, 0.2) is 77.1 Å². The predicted octanol–water partition coefficient (Wildman–Crippen LogP) is 2.30. The molecule has 0 aliphatic heterocycles. The SMILES string of the molecule is Cn1cc(S(=O)(=O)c2ccc(NC(=O)/C=C/c3cccnc3)cc2)cn1. The molecule has 1 aromatic carbocycles. The Balaban J connectivity index is 1.70. The van der Waals surface area contributed by atoms with Gasteiger partial charge in [0.1, 0.15) is 4.90 Å². The van der Waals surface area contributed by atoms with E-state index in [4.69, 9.17) is 0 Å². The summed E-state index contributed by atoms with van der Waals surface area (Å²) in [7, 11) is -1.98. The highest BCUT2D eigenvalue weighted by Gasteiger charge is 2.19. The Hall–Kier alpha value is -3.26.